The van der Waals surface area contributed by atoms with Crippen molar-refractivity contribution >= 4 is 39.7 Å². The van der Waals surface area contributed by atoms with Crippen LogP contribution in [0.2, 0.25) is 0 Å². The van der Waals surface area contributed by atoms with E-state index in [1.807, 2.05) is 29.8 Å². The Morgan fingerprint density at radius 1 is 1.10 bits per heavy atom. The van der Waals surface area contributed by atoms with E-state index in [1.54, 1.807) is 31.5 Å². The second-order valence-electron chi connectivity index (χ2n) is 13.2. The number of carbonyl (C=O) groups is 2. The molecule has 3 atom stereocenters. The first kappa shape index (κ1) is 30.5. The van der Waals surface area contributed by atoms with Crippen LogP contribution in [0.5, 0.6) is 5.75 Å². The number of carbonyl (C=O) groups excluding carboxylic acids is 2. The molecule has 12 nitrogen and oxygen atoms in total. The van der Waals surface area contributed by atoms with Gasteiger partial charge in [-0.15, -0.1) is 0 Å². The van der Waals surface area contributed by atoms with Gasteiger partial charge in [-0.1, -0.05) is 0 Å². The van der Waals surface area contributed by atoms with Crippen LogP contribution < -0.4 is 15.4 Å². The minimum absolute atomic E-state index is 0.0130. The fourth-order valence-corrected chi connectivity index (χ4v) is 7.05. The minimum atomic E-state index is -1.15. The second kappa shape index (κ2) is 11.7. The number of aliphatic hydroxyl groups excluding tert-OH is 1. The third-order valence-electron chi connectivity index (χ3n) is 9.73. The lowest BCUT2D eigenvalue weighted by Gasteiger charge is -2.33. The van der Waals surface area contributed by atoms with Gasteiger partial charge in [-0.25, -0.2) is 19.3 Å². The fraction of sp³-hybridized carbons (Fsp3) is 0.400. The van der Waals surface area contributed by atoms with Crippen molar-refractivity contribution in [2.24, 2.45) is 18.7 Å². The van der Waals surface area contributed by atoms with Gasteiger partial charge >= 0.3 is 0 Å². The first-order valence-electron chi connectivity index (χ1n) is 16.4. The highest BCUT2D eigenvalue weighted by molar-refractivity contribution is 6.00. The molecule has 8 rings (SSSR count). The zero-order valence-electron chi connectivity index (χ0n) is 26.8. The van der Waals surface area contributed by atoms with E-state index in [-0.39, 0.29) is 24.8 Å². The number of methoxy groups -OCH3 is 1. The molecule has 48 heavy (non-hydrogen) atoms. The van der Waals surface area contributed by atoms with Gasteiger partial charge in [-0.05, 0) is 67.6 Å². The number of aromatic nitrogens is 5. The van der Waals surface area contributed by atoms with E-state index < -0.39 is 18.3 Å². The molecule has 3 aliphatic rings. The third-order valence-corrected chi connectivity index (χ3v) is 9.73. The fourth-order valence-electron chi connectivity index (χ4n) is 7.05. The average molecular weight is 653 g/mol. The van der Waals surface area contributed by atoms with Crippen LogP contribution >= 0.6 is 0 Å². The Hall–Kier alpha value is -4.88. The second-order valence-corrected chi connectivity index (χ2v) is 13.2. The van der Waals surface area contributed by atoms with Gasteiger partial charge in [-0.2, -0.15) is 0 Å². The van der Waals surface area contributed by atoms with E-state index >= 15 is 0 Å². The molecule has 0 spiro atoms. The molecular formula is C35H37FN8O4. The number of hydrogen-bond donors (Lipinski definition) is 2. The molecule has 1 aromatic carbocycles. The van der Waals surface area contributed by atoms with E-state index in [1.165, 1.54) is 9.80 Å². The van der Waals surface area contributed by atoms with Crippen molar-refractivity contribution in [3.05, 3.63) is 54.2 Å². The average Bonchev–Trinajstić information content (AvgIpc) is 3.64. The van der Waals surface area contributed by atoms with Gasteiger partial charge in [0.05, 0.1) is 30.6 Å². The summed E-state index contributed by atoms with van der Waals surface area (Å²) in [6.45, 7) is 1.53. The zero-order chi connectivity index (χ0) is 33.3. The van der Waals surface area contributed by atoms with Crippen LogP contribution in [0.3, 0.4) is 0 Å². The number of fused-ring (bicyclic) bond motifs is 2. The number of likely N-dealkylation sites (tertiary alicyclic amines) is 1. The Morgan fingerprint density at radius 2 is 1.94 bits per heavy atom. The number of anilines is 1. The molecule has 1 saturated carbocycles. The van der Waals surface area contributed by atoms with E-state index in [9.17, 15) is 19.1 Å². The number of imidazole rings is 1. The number of nitrogens with two attached hydrogens (primary N) is 1. The number of nitrogens with zero attached hydrogens (tertiary/aromatic N) is 7. The maximum Gasteiger partial charge on any atom is 0.257 e. The van der Waals surface area contributed by atoms with Crippen molar-refractivity contribution in [2.45, 2.75) is 50.5 Å². The normalized spacial score (nSPS) is 21.5. The number of halogens is 1. The lowest BCUT2D eigenvalue weighted by molar-refractivity contribution is -0.124. The van der Waals surface area contributed by atoms with Crippen molar-refractivity contribution in [2.75, 3.05) is 31.6 Å². The predicted octanol–water partition coefficient (Wildman–Crippen LogP) is 3.68. The predicted molar refractivity (Wildman–Crippen MR) is 178 cm³/mol. The highest BCUT2D eigenvalue weighted by Crippen LogP contribution is 2.38. The summed E-state index contributed by atoms with van der Waals surface area (Å²) >= 11 is 0. The summed E-state index contributed by atoms with van der Waals surface area (Å²) in [6.07, 6.45) is 2.52. The van der Waals surface area contributed by atoms with Crippen molar-refractivity contribution in [3.63, 3.8) is 0 Å². The number of benzene rings is 1. The zero-order valence-corrected chi connectivity index (χ0v) is 26.8. The molecule has 1 unspecified atom stereocenters. The molecule has 5 aromatic rings. The van der Waals surface area contributed by atoms with E-state index in [0.717, 1.165) is 52.9 Å². The maximum atomic E-state index is 14.3. The SMILES string of the molecule is COc1cc(C(=O)N2C[C@H](N)C[C@@H](F)C2)cc2nc(-c3cc4ccc(-c5ccc(N6CCC(O)C6=O)nc5)nc4n3CC3CC3)n(C)c12. The largest absolute Gasteiger partial charge is 0.494 e. The van der Waals surface area contributed by atoms with Gasteiger partial charge < -0.3 is 29.6 Å². The number of hydrogen-bond acceptors (Lipinski definition) is 8. The number of ether oxygens (including phenoxy) is 1. The number of piperidine rings is 1. The summed E-state index contributed by atoms with van der Waals surface area (Å²) in [7, 11) is 3.49. The van der Waals surface area contributed by atoms with Gasteiger partial charge in [0.1, 0.15) is 35.0 Å². The van der Waals surface area contributed by atoms with Crippen LogP contribution in [0.4, 0.5) is 10.2 Å². The topological polar surface area (TPSA) is 145 Å². The van der Waals surface area contributed by atoms with Gasteiger partial charge in [0.2, 0.25) is 0 Å². The quantitative estimate of drug-likeness (QED) is 0.271. The van der Waals surface area contributed by atoms with Crippen molar-refractivity contribution < 1.29 is 23.8 Å². The number of rotatable bonds is 7. The van der Waals surface area contributed by atoms with Gasteiger partial charge in [0.25, 0.3) is 11.8 Å². The van der Waals surface area contributed by atoms with E-state index in [2.05, 4.69) is 15.6 Å². The number of alkyl halides is 1. The summed E-state index contributed by atoms with van der Waals surface area (Å²) < 4.78 is 24.3. The van der Waals surface area contributed by atoms with E-state index in [0.29, 0.717) is 53.9 Å². The maximum absolute atomic E-state index is 14.3. The standard InChI is InChI=1S/C35H37FN8O4/c1-41-31-26(11-22(13-29(31)48-2)34(46)42-17-23(36)14-24(37)18-42)40-33(41)27-12-20-5-7-25(39-32(20)44(27)16-19-3-4-19)21-6-8-30(38-15-21)43-10-9-28(45)35(43)47/h5-8,11-13,15,19,23-24,28,45H,3-4,9-10,14,16-18,37H2,1-2H3/t23-,24-,28?/m1/s1. The highest BCUT2D eigenvalue weighted by atomic mass is 19.1. The summed E-state index contributed by atoms with van der Waals surface area (Å²) in [5, 5.41) is 10.8. The van der Waals surface area contributed by atoms with Crippen LogP contribution in [-0.2, 0) is 18.4 Å². The van der Waals surface area contributed by atoms with Crippen LogP contribution in [-0.4, -0.2) is 91.0 Å². The van der Waals surface area contributed by atoms with Gasteiger partial charge in [0, 0.05) is 61.9 Å². The number of pyridine rings is 2. The first-order valence-corrected chi connectivity index (χ1v) is 16.4. The smallest absolute Gasteiger partial charge is 0.257 e. The first-order chi connectivity index (χ1) is 23.2. The van der Waals surface area contributed by atoms with Crippen LogP contribution in [0.15, 0.2) is 48.7 Å². The van der Waals surface area contributed by atoms with Crippen LogP contribution in [0.25, 0.3) is 44.8 Å². The molecule has 3 N–H and O–H groups in total. The number of aliphatic hydroxyl groups is 1. The lowest BCUT2D eigenvalue weighted by atomic mass is 10.0. The molecule has 6 heterocycles. The summed E-state index contributed by atoms with van der Waals surface area (Å²) in [5.74, 6) is 1.63. The van der Waals surface area contributed by atoms with Gasteiger partial charge in [-0.3, -0.25) is 14.5 Å². The van der Waals surface area contributed by atoms with E-state index in [4.69, 9.17) is 20.4 Å². The molecule has 2 aliphatic heterocycles. The Morgan fingerprint density at radius 3 is 2.62 bits per heavy atom. The molecule has 248 valence electrons. The van der Waals surface area contributed by atoms with Gasteiger partial charge in [0.15, 0.2) is 5.82 Å². The molecule has 3 fully saturated rings. The number of amides is 2. The molecule has 4 aromatic heterocycles. The van der Waals surface area contributed by atoms with Crippen molar-refractivity contribution in [3.8, 4) is 28.5 Å². The Balaban J connectivity index is 1.18. The molecule has 0 bridgehead atoms. The monoisotopic (exact) mass is 652 g/mol. The summed E-state index contributed by atoms with van der Waals surface area (Å²) in [5.41, 5.74) is 11.0. The Labute approximate surface area is 275 Å². The molecule has 13 heteroatoms. The molecular weight excluding hydrogens is 615 g/mol. The van der Waals surface area contributed by atoms with Crippen molar-refractivity contribution in [1.29, 1.82) is 0 Å². The lowest BCUT2D eigenvalue weighted by Crippen LogP contribution is -2.50. The highest BCUT2D eigenvalue weighted by Gasteiger charge is 2.32. The number of aryl methyl sites for hydroxylation is 1. The van der Waals surface area contributed by atoms with Crippen LogP contribution in [0, 0.1) is 5.92 Å². The molecule has 2 amide bonds. The Kier molecular flexibility index (Phi) is 7.40. The Bertz CT molecular complexity index is 2060. The summed E-state index contributed by atoms with van der Waals surface area (Å²) in [6, 6.07) is 12.8. The molecule has 0 radical (unpaired) electrons. The molecule has 2 saturated heterocycles. The summed E-state index contributed by atoms with van der Waals surface area (Å²) in [4.78, 5) is 43.4. The van der Waals surface area contributed by atoms with Crippen LogP contribution in [0.1, 0.15) is 36.0 Å². The minimum Gasteiger partial charge on any atom is -0.494 e. The third kappa shape index (κ3) is 5.27. The molecule has 1 aliphatic carbocycles. The van der Waals surface area contributed by atoms with Crippen molar-refractivity contribution in [1.82, 2.24) is 29.0 Å².